The molecule has 2 aromatic carbocycles. The first kappa shape index (κ1) is 19.7. The number of fused-ring (bicyclic) bond motifs is 1. The first-order valence-corrected chi connectivity index (χ1v) is 10.5. The molecule has 1 amide bonds. The SMILES string of the molecule is CC(C)NS(=O)(=O)c1cc(C(=O)NN2c3ccccc3CC2C)ccc1Cl. The number of amides is 1. The van der Waals surface area contributed by atoms with Crippen molar-refractivity contribution in [3.05, 3.63) is 58.6 Å². The number of para-hydroxylation sites is 1. The van der Waals surface area contributed by atoms with Gasteiger partial charge in [0, 0.05) is 11.6 Å². The normalized spacial score (nSPS) is 16.5. The van der Waals surface area contributed by atoms with Gasteiger partial charge < -0.3 is 0 Å². The summed E-state index contributed by atoms with van der Waals surface area (Å²) < 4.78 is 27.4. The molecule has 1 aliphatic heterocycles. The van der Waals surface area contributed by atoms with E-state index in [1.165, 1.54) is 18.2 Å². The summed E-state index contributed by atoms with van der Waals surface area (Å²) in [6.45, 7) is 5.45. The molecule has 1 heterocycles. The lowest BCUT2D eigenvalue weighted by Gasteiger charge is -2.25. The molecule has 0 bridgehead atoms. The van der Waals surface area contributed by atoms with E-state index in [4.69, 9.17) is 11.6 Å². The maximum Gasteiger partial charge on any atom is 0.269 e. The zero-order chi connectivity index (χ0) is 19.8. The maximum absolute atomic E-state index is 12.8. The van der Waals surface area contributed by atoms with E-state index in [0.29, 0.717) is 0 Å². The molecule has 0 aliphatic carbocycles. The van der Waals surface area contributed by atoms with Gasteiger partial charge in [-0.1, -0.05) is 29.8 Å². The lowest BCUT2D eigenvalue weighted by atomic mass is 10.1. The Hall–Kier alpha value is -2.09. The quantitative estimate of drug-likeness (QED) is 0.798. The van der Waals surface area contributed by atoms with Crippen molar-refractivity contribution in [1.29, 1.82) is 0 Å². The van der Waals surface area contributed by atoms with Gasteiger partial charge in [0.25, 0.3) is 5.91 Å². The highest BCUT2D eigenvalue weighted by Gasteiger charge is 2.28. The molecule has 2 N–H and O–H groups in total. The summed E-state index contributed by atoms with van der Waals surface area (Å²) in [5.41, 5.74) is 5.20. The molecular weight excluding hydrogens is 386 g/mol. The minimum Gasteiger partial charge on any atom is -0.282 e. The summed E-state index contributed by atoms with van der Waals surface area (Å²) in [7, 11) is -3.81. The van der Waals surface area contributed by atoms with Crippen LogP contribution in [0.2, 0.25) is 5.02 Å². The van der Waals surface area contributed by atoms with Gasteiger partial charge in [-0.2, -0.15) is 0 Å². The zero-order valence-electron chi connectivity index (χ0n) is 15.4. The van der Waals surface area contributed by atoms with Crippen molar-refractivity contribution in [1.82, 2.24) is 10.1 Å². The van der Waals surface area contributed by atoms with Crippen molar-refractivity contribution in [2.45, 2.75) is 44.2 Å². The molecule has 2 aromatic rings. The molecule has 0 fully saturated rings. The summed E-state index contributed by atoms with van der Waals surface area (Å²) in [5, 5.41) is 1.88. The Balaban J connectivity index is 1.87. The lowest BCUT2D eigenvalue weighted by molar-refractivity contribution is 0.0946. The Kier molecular flexibility index (Phi) is 5.46. The zero-order valence-corrected chi connectivity index (χ0v) is 16.9. The minimum atomic E-state index is -3.81. The second kappa shape index (κ2) is 7.50. The maximum atomic E-state index is 12.8. The molecule has 0 saturated carbocycles. The van der Waals surface area contributed by atoms with E-state index >= 15 is 0 Å². The van der Waals surface area contributed by atoms with Gasteiger partial charge >= 0.3 is 0 Å². The molecular formula is C19H22ClN3O3S. The average molecular weight is 408 g/mol. The third-order valence-corrected chi connectivity index (χ3v) is 6.44. The van der Waals surface area contributed by atoms with Crippen LogP contribution in [0.1, 0.15) is 36.7 Å². The Morgan fingerprint density at radius 2 is 1.93 bits per heavy atom. The molecule has 1 aliphatic rings. The molecule has 1 atom stereocenters. The van der Waals surface area contributed by atoms with Gasteiger partial charge in [0.05, 0.1) is 16.8 Å². The fraction of sp³-hybridized carbons (Fsp3) is 0.316. The van der Waals surface area contributed by atoms with Crippen LogP contribution >= 0.6 is 11.6 Å². The molecule has 8 heteroatoms. The van der Waals surface area contributed by atoms with Gasteiger partial charge in [-0.05, 0) is 57.0 Å². The summed E-state index contributed by atoms with van der Waals surface area (Å²) in [5.74, 6) is -0.392. The molecule has 27 heavy (non-hydrogen) atoms. The number of hydrogen-bond donors (Lipinski definition) is 2. The van der Waals surface area contributed by atoms with E-state index in [9.17, 15) is 13.2 Å². The van der Waals surface area contributed by atoms with Gasteiger partial charge in [0.2, 0.25) is 10.0 Å². The Morgan fingerprint density at radius 3 is 2.63 bits per heavy atom. The number of anilines is 1. The van der Waals surface area contributed by atoms with Crippen LogP contribution in [0.5, 0.6) is 0 Å². The van der Waals surface area contributed by atoms with Crippen molar-refractivity contribution >= 4 is 33.2 Å². The summed E-state index contributed by atoms with van der Waals surface area (Å²) in [6, 6.07) is 11.9. The molecule has 1 unspecified atom stereocenters. The number of carbonyl (C=O) groups excluding carboxylic acids is 1. The molecule has 6 nitrogen and oxygen atoms in total. The highest BCUT2D eigenvalue weighted by atomic mass is 35.5. The number of halogens is 1. The van der Waals surface area contributed by atoms with Crippen LogP contribution in [-0.2, 0) is 16.4 Å². The van der Waals surface area contributed by atoms with Crippen molar-refractivity contribution in [2.24, 2.45) is 0 Å². The number of carbonyl (C=O) groups is 1. The third kappa shape index (κ3) is 4.10. The first-order valence-electron chi connectivity index (χ1n) is 8.69. The second-order valence-corrected chi connectivity index (χ2v) is 9.00. The van der Waals surface area contributed by atoms with E-state index in [-0.39, 0.29) is 27.6 Å². The van der Waals surface area contributed by atoms with Crippen LogP contribution in [0.4, 0.5) is 5.69 Å². The molecule has 0 aromatic heterocycles. The van der Waals surface area contributed by atoms with Crippen LogP contribution in [0, 0.1) is 0 Å². The third-order valence-electron chi connectivity index (χ3n) is 4.30. The fourth-order valence-corrected chi connectivity index (χ4v) is 4.91. The average Bonchev–Trinajstić information content (AvgIpc) is 2.89. The second-order valence-electron chi connectivity index (χ2n) is 6.91. The van der Waals surface area contributed by atoms with Gasteiger partial charge in [-0.25, -0.2) is 13.1 Å². The standard InChI is InChI=1S/C19H22ClN3O3S/c1-12(2)22-27(25,26)18-11-15(8-9-16(18)20)19(24)21-23-13(3)10-14-6-4-5-7-17(14)23/h4-9,11-13,22H,10H2,1-3H3,(H,21,24). The first-order chi connectivity index (χ1) is 12.7. The van der Waals surface area contributed by atoms with Crippen LogP contribution in [0.25, 0.3) is 0 Å². The number of hydrogen-bond acceptors (Lipinski definition) is 4. The Morgan fingerprint density at radius 1 is 1.22 bits per heavy atom. The molecule has 3 rings (SSSR count). The van der Waals surface area contributed by atoms with Crippen LogP contribution in [0.15, 0.2) is 47.4 Å². The number of hydrazine groups is 1. The molecule has 144 valence electrons. The molecule has 0 spiro atoms. The molecule has 0 saturated heterocycles. The van der Waals surface area contributed by atoms with Gasteiger partial charge in [-0.15, -0.1) is 0 Å². The van der Waals surface area contributed by atoms with Crippen LogP contribution in [-0.4, -0.2) is 26.4 Å². The monoisotopic (exact) mass is 407 g/mol. The Labute approximate surface area is 164 Å². The number of nitrogens with one attached hydrogen (secondary N) is 2. The van der Waals surface area contributed by atoms with Gasteiger partial charge in [-0.3, -0.25) is 15.2 Å². The largest absolute Gasteiger partial charge is 0.282 e. The van der Waals surface area contributed by atoms with Gasteiger partial charge in [0.1, 0.15) is 4.90 Å². The van der Waals surface area contributed by atoms with Crippen LogP contribution < -0.4 is 15.2 Å². The van der Waals surface area contributed by atoms with E-state index in [1.54, 1.807) is 13.8 Å². The predicted octanol–water partition coefficient (Wildman–Crippen LogP) is 3.12. The van der Waals surface area contributed by atoms with Crippen molar-refractivity contribution < 1.29 is 13.2 Å². The van der Waals surface area contributed by atoms with E-state index in [2.05, 4.69) is 10.1 Å². The molecule has 0 radical (unpaired) electrons. The minimum absolute atomic E-state index is 0.0691. The van der Waals surface area contributed by atoms with Crippen molar-refractivity contribution in [3.8, 4) is 0 Å². The smallest absolute Gasteiger partial charge is 0.269 e. The summed E-state index contributed by atoms with van der Waals surface area (Å²) >= 11 is 6.07. The lowest BCUT2D eigenvalue weighted by Crippen LogP contribution is -2.45. The summed E-state index contributed by atoms with van der Waals surface area (Å²) in [6.07, 6.45) is 0.828. The Bertz CT molecular complexity index is 976. The fourth-order valence-electron chi connectivity index (χ4n) is 3.13. The van der Waals surface area contributed by atoms with Crippen molar-refractivity contribution in [2.75, 3.05) is 5.01 Å². The number of sulfonamides is 1. The number of nitrogens with zero attached hydrogens (tertiary/aromatic N) is 1. The predicted molar refractivity (Wildman–Crippen MR) is 106 cm³/mol. The van der Waals surface area contributed by atoms with E-state index in [1.807, 2.05) is 36.2 Å². The van der Waals surface area contributed by atoms with E-state index < -0.39 is 15.9 Å². The van der Waals surface area contributed by atoms with Gasteiger partial charge in [0.15, 0.2) is 0 Å². The highest BCUT2D eigenvalue weighted by molar-refractivity contribution is 7.89. The summed E-state index contributed by atoms with van der Waals surface area (Å²) in [4.78, 5) is 12.6. The van der Waals surface area contributed by atoms with E-state index in [0.717, 1.165) is 17.7 Å². The topological polar surface area (TPSA) is 78.5 Å². The van der Waals surface area contributed by atoms with Crippen molar-refractivity contribution in [3.63, 3.8) is 0 Å². The number of benzene rings is 2. The highest BCUT2D eigenvalue weighted by Crippen LogP contribution is 2.30. The van der Waals surface area contributed by atoms with Crippen LogP contribution in [0.3, 0.4) is 0 Å². The number of rotatable bonds is 5.